The van der Waals surface area contributed by atoms with Crippen LogP contribution in [-0.2, 0) is 0 Å². The highest BCUT2D eigenvalue weighted by molar-refractivity contribution is 4.90. The number of unbranched alkanes of at least 4 members (excludes halogenated alkanes) is 1. The summed E-state index contributed by atoms with van der Waals surface area (Å²) in [6, 6.07) is 0. The monoisotopic (exact) mass is 197 g/mol. The van der Waals surface area contributed by atoms with Crippen LogP contribution in [0.15, 0.2) is 0 Å². The second kappa shape index (κ2) is 7.31. The van der Waals surface area contributed by atoms with Crippen LogP contribution in [0.2, 0.25) is 0 Å². The van der Waals surface area contributed by atoms with E-state index in [0.717, 1.165) is 5.92 Å². The van der Waals surface area contributed by atoms with Gasteiger partial charge in [-0.3, -0.25) is 0 Å². The minimum atomic E-state index is 0.542. The summed E-state index contributed by atoms with van der Waals surface area (Å²) < 4.78 is 0. The molecule has 14 heavy (non-hydrogen) atoms. The van der Waals surface area contributed by atoms with Crippen LogP contribution < -0.4 is 0 Å². The quantitative estimate of drug-likeness (QED) is 0.499. The van der Waals surface area contributed by atoms with Gasteiger partial charge < -0.3 is 0 Å². The maximum atomic E-state index is 2.60. The van der Waals surface area contributed by atoms with Gasteiger partial charge in [0.2, 0.25) is 0 Å². The van der Waals surface area contributed by atoms with Gasteiger partial charge in [0.1, 0.15) is 0 Å². The van der Waals surface area contributed by atoms with E-state index in [1.807, 2.05) is 0 Å². The molecular formula is C14H29. The summed E-state index contributed by atoms with van der Waals surface area (Å²) >= 11 is 0. The van der Waals surface area contributed by atoms with E-state index >= 15 is 0 Å². The fraction of sp³-hybridized carbons (Fsp3) is 0.929. The molecule has 0 aliphatic carbocycles. The average molecular weight is 197 g/mol. The molecule has 0 atom stereocenters. The number of hydrogen-bond acceptors (Lipinski definition) is 0. The highest BCUT2D eigenvalue weighted by atomic mass is 14.3. The Balaban J connectivity index is 4.07. The van der Waals surface area contributed by atoms with Crippen molar-refractivity contribution < 1.29 is 0 Å². The van der Waals surface area contributed by atoms with Gasteiger partial charge in [-0.15, -0.1) is 0 Å². The zero-order valence-corrected chi connectivity index (χ0v) is 10.9. The average Bonchev–Trinajstić information content (AvgIpc) is 2.19. The molecule has 0 aliphatic heterocycles. The third-order valence-electron chi connectivity index (χ3n) is 3.46. The lowest BCUT2D eigenvalue weighted by atomic mass is 9.73. The predicted octanol–water partition coefficient (Wildman–Crippen LogP) is 5.23. The summed E-state index contributed by atoms with van der Waals surface area (Å²) in [4.78, 5) is 0. The van der Waals surface area contributed by atoms with Crippen LogP contribution in [0.5, 0.6) is 0 Å². The molecule has 0 amide bonds. The molecule has 0 N–H and O–H groups in total. The van der Waals surface area contributed by atoms with Crippen molar-refractivity contribution in [2.24, 2.45) is 11.3 Å². The minimum Gasteiger partial charge on any atom is -0.0654 e. The summed E-state index contributed by atoms with van der Waals surface area (Å²) in [6.07, 6.45) is 10.6. The van der Waals surface area contributed by atoms with Gasteiger partial charge in [0.15, 0.2) is 0 Å². The van der Waals surface area contributed by atoms with Crippen LogP contribution in [0.4, 0.5) is 0 Å². The lowest BCUT2D eigenvalue weighted by Crippen LogP contribution is -2.20. The topological polar surface area (TPSA) is 0 Å². The molecule has 1 radical (unpaired) electrons. The molecule has 0 bridgehead atoms. The predicted molar refractivity (Wildman–Crippen MR) is 66.3 cm³/mol. The van der Waals surface area contributed by atoms with Crippen LogP contribution in [0.1, 0.15) is 73.1 Å². The van der Waals surface area contributed by atoms with E-state index in [4.69, 9.17) is 0 Å². The Morgan fingerprint density at radius 1 is 1.07 bits per heavy atom. The van der Waals surface area contributed by atoms with Crippen LogP contribution in [0, 0.1) is 17.8 Å². The zero-order valence-electron chi connectivity index (χ0n) is 10.9. The highest BCUT2D eigenvalue weighted by Gasteiger charge is 2.25. The van der Waals surface area contributed by atoms with Crippen LogP contribution in [0.25, 0.3) is 0 Å². The van der Waals surface area contributed by atoms with E-state index in [1.54, 1.807) is 0 Å². The third kappa shape index (κ3) is 5.02. The first kappa shape index (κ1) is 14.0. The lowest BCUT2D eigenvalue weighted by Gasteiger charge is -2.32. The van der Waals surface area contributed by atoms with E-state index in [9.17, 15) is 0 Å². The Hall–Kier alpha value is 0. The molecule has 0 heteroatoms. The molecule has 0 aromatic carbocycles. The van der Waals surface area contributed by atoms with Gasteiger partial charge >= 0.3 is 0 Å². The molecule has 85 valence electrons. The third-order valence-corrected chi connectivity index (χ3v) is 3.46. The van der Waals surface area contributed by atoms with Crippen LogP contribution in [0.3, 0.4) is 0 Å². The molecule has 0 aliphatic rings. The van der Waals surface area contributed by atoms with Gasteiger partial charge in [0.25, 0.3) is 0 Å². The van der Waals surface area contributed by atoms with Crippen molar-refractivity contribution in [2.75, 3.05) is 0 Å². The van der Waals surface area contributed by atoms with E-state index < -0.39 is 0 Å². The SMILES string of the molecule is CCCCC([CH]CC(C)C)(CC)CC. The molecule has 0 saturated carbocycles. The maximum Gasteiger partial charge on any atom is -0.0271 e. The van der Waals surface area contributed by atoms with Gasteiger partial charge in [-0.25, -0.2) is 0 Å². The molecule has 0 heterocycles. The van der Waals surface area contributed by atoms with Gasteiger partial charge in [0.05, 0.1) is 0 Å². The zero-order chi connectivity index (χ0) is 11.0. The largest absolute Gasteiger partial charge is 0.0654 e. The molecule has 0 nitrogen and oxygen atoms in total. The lowest BCUT2D eigenvalue weighted by molar-refractivity contribution is 0.269. The second-order valence-electron chi connectivity index (χ2n) is 5.01. The van der Waals surface area contributed by atoms with Gasteiger partial charge in [-0.2, -0.15) is 0 Å². The molecule has 0 aromatic rings. The van der Waals surface area contributed by atoms with Crippen molar-refractivity contribution in [2.45, 2.75) is 73.1 Å². The van der Waals surface area contributed by atoms with Crippen molar-refractivity contribution >= 4 is 0 Å². The molecule has 0 unspecified atom stereocenters. The second-order valence-corrected chi connectivity index (χ2v) is 5.01. The fourth-order valence-electron chi connectivity index (χ4n) is 2.01. The van der Waals surface area contributed by atoms with Crippen LogP contribution >= 0.6 is 0 Å². The van der Waals surface area contributed by atoms with Gasteiger partial charge in [-0.1, -0.05) is 60.3 Å². The number of hydrogen-bond donors (Lipinski definition) is 0. The smallest absolute Gasteiger partial charge is 0.0271 e. The Morgan fingerprint density at radius 3 is 2.00 bits per heavy atom. The normalized spacial score (nSPS) is 12.4. The molecular weight excluding hydrogens is 168 g/mol. The van der Waals surface area contributed by atoms with Gasteiger partial charge in [-0.05, 0) is 30.6 Å². The molecule has 0 aromatic heterocycles. The summed E-state index contributed by atoms with van der Waals surface area (Å²) in [5.41, 5.74) is 0.542. The summed E-state index contributed by atoms with van der Waals surface area (Å²) in [6.45, 7) is 11.6. The van der Waals surface area contributed by atoms with Crippen molar-refractivity contribution in [3.63, 3.8) is 0 Å². The Labute approximate surface area is 91.5 Å². The summed E-state index contributed by atoms with van der Waals surface area (Å²) in [5.74, 6) is 0.814. The van der Waals surface area contributed by atoms with E-state index in [0.29, 0.717) is 5.41 Å². The van der Waals surface area contributed by atoms with Crippen molar-refractivity contribution in [1.29, 1.82) is 0 Å². The first-order valence-electron chi connectivity index (χ1n) is 6.44. The Kier molecular flexibility index (Phi) is 7.31. The highest BCUT2D eigenvalue weighted by Crippen LogP contribution is 2.37. The van der Waals surface area contributed by atoms with Crippen molar-refractivity contribution in [3.05, 3.63) is 6.42 Å². The number of rotatable bonds is 8. The first-order valence-corrected chi connectivity index (χ1v) is 6.44. The van der Waals surface area contributed by atoms with E-state index in [1.165, 1.54) is 38.5 Å². The summed E-state index contributed by atoms with van der Waals surface area (Å²) in [5, 5.41) is 0. The Morgan fingerprint density at radius 2 is 1.64 bits per heavy atom. The van der Waals surface area contributed by atoms with Crippen molar-refractivity contribution in [3.8, 4) is 0 Å². The van der Waals surface area contributed by atoms with Gasteiger partial charge in [0, 0.05) is 0 Å². The molecule has 0 saturated heterocycles. The summed E-state index contributed by atoms with van der Waals surface area (Å²) in [7, 11) is 0. The maximum absolute atomic E-state index is 2.60. The standard InChI is InChI=1S/C14H29/c1-6-9-11-14(7-2,8-3)12-10-13(4)5/h12-13H,6-11H2,1-5H3. The van der Waals surface area contributed by atoms with E-state index in [2.05, 4.69) is 41.0 Å². The van der Waals surface area contributed by atoms with Crippen LogP contribution in [-0.4, -0.2) is 0 Å². The molecule has 0 rings (SSSR count). The minimum absolute atomic E-state index is 0.542. The fourth-order valence-corrected chi connectivity index (χ4v) is 2.01. The molecule has 0 fully saturated rings. The van der Waals surface area contributed by atoms with E-state index in [-0.39, 0.29) is 0 Å². The first-order chi connectivity index (χ1) is 6.60. The van der Waals surface area contributed by atoms with Crippen molar-refractivity contribution in [1.82, 2.24) is 0 Å². The molecule has 0 spiro atoms. The Bertz CT molecular complexity index is 120.